The highest BCUT2D eigenvalue weighted by molar-refractivity contribution is 7.99. The fourth-order valence-corrected chi connectivity index (χ4v) is 5.43. The molecular weight excluding hydrogens is 507 g/mol. The van der Waals surface area contributed by atoms with Crippen LogP contribution in [-0.2, 0) is 22.7 Å². The van der Waals surface area contributed by atoms with Gasteiger partial charge in [-0.2, -0.15) is 0 Å². The van der Waals surface area contributed by atoms with Gasteiger partial charge in [0.1, 0.15) is 0 Å². The van der Waals surface area contributed by atoms with Gasteiger partial charge in [-0.05, 0) is 35.4 Å². The van der Waals surface area contributed by atoms with Gasteiger partial charge < -0.3 is 10.6 Å². The zero-order valence-electron chi connectivity index (χ0n) is 18.6. The van der Waals surface area contributed by atoms with Gasteiger partial charge in [0.2, 0.25) is 11.8 Å². The Bertz CT molecular complexity index is 1030. The number of carbonyl (C=O) groups is 2. The average molecular weight is 534 g/mol. The zero-order valence-corrected chi connectivity index (χ0v) is 21.7. The molecule has 0 radical (unpaired) electrons. The van der Waals surface area contributed by atoms with Gasteiger partial charge in [-0.15, -0.1) is 23.5 Å². The molecule has 0 aliphatic heterocycles. The molecule has 0 atom stereocenters. The van der Waals surface area contributed by atoms with Crippen LogP contribution in [0.3, 0.4) is 0 Å². The number of nitrogens with one attached hydrogen (secondary N) is 2. The second-order valence-corrected chi connectivity index (χ2v) is 10.5. The summed E-state index contributed by atoms with van der Waals surface area (Å²) >= 11 is 15.4. The van der Waals surface area contributed by atoms with E-state index >= 15 is 0 Å². The Balaban J connectivity index is 1.34. The van der Waals surface area contributed by atoms with E-state index in [2.05, 4.69) is 10.6 Å². The number of benzene rings is 3. The van der Waals surface area contributed by atoms with Gasteiger partial charge in [0.15, 0.2) is 0 Å². The number of rotatable bonds is 12. The summed E-state index contributed by atoms with van der Waals surface area (Å²) in [5, 5.41) is 7.32. The van der Waals surface area contributed by atoms with Crippen molar-refractivity contribution >= 4 is 58.5 Å². The first-order chi connectivity index (χ1) is 16.5. The molecule has 0 aliphatic carbocycles. The third-order valence-corrected chi connectivity index (χ3v) is 7.85. The average Bonchev–Trinajstić information content (AvgIpc) is 2.84. The van der Waals surface area contributed by atoms with Crippen LogP contribution in [0, 0.1) is 0 Å². The van der Waals surface area contributed by atoms with Crippen molar-refractivity contribution in [2.45, 2.75) is 35.7 Å². The van der Waals surface area contributed by atoms with Crippen LogP contribution < -0.4 is 10.6 Å². The SMILES string of the molecule is O=C(CCSc1ccccc1Cl)NCc1cccc(CNC(=O)CCSc2ccccc2Cl)c1. The topological polar surface area (TPSA) is 58.2 Å². The third kappa shape index (κ3) is 9.26. The maximum atomic E-state index is 12.2. The molecule has 4 nitrogen and oxygen atoms in total. The van der Waals surface area contributed by atoms with Gasteiger partial charge in [0.25, 0.3) is 0 Å². The lowest BCUT2D eigenvalue weighted by Crippen LogP contribution is -2.24. The fourth-order valence-electron chi connectivity index (χ4n) is 3.06. The van der Waals surface area contributed by atoms with Crippen molar-refractivity contribution in [1.82, 2.24) is 10.6 Å². The molecule has 0 bridgehead atoms. The van der Waals surface area contributed by atoms with Gasteiger partial charge in [-0.3, -0.25) is 9.59 Å². The van der Waals surface area contributed by atoms with Crippen LogP contribution in [0.15, 0.2) is 82.6 Å². The van der Waals surface area contributed by atoms with Crippen molar-refractivity contribution in [3.05, 3.63) is 94.0 Å². The molecular formula is C26H26Cl2N2O2S2. The van der Waals surface area contributed by atoms with Gasteiger partial charge in [0, 0.05) is 47.2 Å². The lowest BCUT2D eigenvalue weighted by atomic mass is 10.1. The normalized spacial score (nSPS) is 10.6. The maximum Gasteiger partial charge on any atom is 0.221 e. The highest BCUT2D eigenvalue weighted by Gasteiger charge is 2.07. The molecule has 0 saturated heterocycles. The van der Waals surface area contributed by atoms with Crippen LogP contribution >= 0.6 is 46.7 Å². The second kappa shape index (κ2) is 14.3. The first-order valence-electron chi connectivity index (χ1n) is 10.9. The van der Waals surface area contributed by atoms with Crippen molar-refractivity contribution in [1.29, 1.82) is 0 Å². The molecule has 0 fully saturated rings. The van der Waals surface area contributed by atoms with E-state index in [4.69, 9.17) is 23.2 Å². The van der Waals surface area contributed by atoms with E-state index in [9.17, 15) is 9.59 Å². The second-order valence-electron chi connectivity index (χ2n) is 7.43. The number of thioether (sulfide) groups is 2. The Morgan fingerprint density at radius 1 is 0.647 bits per heavy atom. The van der Waals surface area contributed by atoms with Crippen LogP contribution in [0.2, 0.25) is 10.0 Å². The lowest BCUT2D eigenvalue weighted by molar-refractivity contribution is -0.121. The van der Waals surface area contributed by atoms with Crippen LogP contribution in [-0.4, -0.2) is 23.3 Å². The molecule has 2 amide bonds. The third-order valence-electron chi connectivity index (χ3n) is 4.82. The van der Waals surface area contributed by atoms with E-state index in [0.29, 0.717) is 47.5 Å². The summed E-state index contributed by atoms with van der Waals surface area (Å²) in [5.74, 6) is 1.32. The van der Waals surface area contributed by atoms with Crippen molar-refractivity contribution in [2.75, 3.05) is 11.5 Å². The van der Waals surface area contributed by atoms with E-state index in [-0.39, 0.29) is 11.8 Å². The smallest absolute Gasteiger partial charge is 0.221 e. The molecule has 0 spiro atoms. The summed E-state index contributed by atoms with van der Waals surface area (Å²) in [4.78, 5) is 26.3. The Hall–Kier alpha value is -2.12. The molecule has 0 aliphatic rings. The van der Waals surface area contributed by atoms with E-state index in [1.54, 1.807) is 23.5 Å². The highest BCUT2D eigenvalue weighted by Crippen LogP contribution is 2.27. The Kier molecular flexibility index (Phi) is 11.2. The molecule has 0 aromatic heterocycles. The van der Waals surface area contributed by atoms with Crippen molar-refractivity contribution < 1.29 is 9.59 Å². The van der Waals surface area contributed by atoms with Gasteiger partial charge >= 0.3 is 0 Å². The number of hydrogen-bond donors (Lipinski definition) is 2. The predicted octanol–water partition coefficient (Wildman–Crippen LogP) is 6.59. The number of amides is 2. The lowest BCUT2D eigenvalue weighted by Gasteiger charge is -2.09. The minimum Gasteiger partial charge on any atom is -0.352 e. The van der Waals surface area contributed by atoms with Crippen LogP contribution in [0.4, 0.5) is 0 Å². The van der Waals surface area contributed by atoms with Gasteiger partial charge in [-0.25, -0.2) is 0 Å². The first kappa shape index (κ1) is 26.5. The first-order valence-corrected chi connectivity index (χ1v) is 13.6. The van der Waals surface area contributed by atoms with Crippen LogP contribution in [0.5, 0.6) is 0 Å². The standard InChI is InChI=1S/C26H26Cl2N2O2S2/c27-21-8-1-3-10-23(21)33-14-12-25(31)29-17-19-6-5-7-20(16-19)18-30-26(32)13-15-34-24-11-4-2-9-22(24)28/h1-11,16H,12-15,17-18H2,(H,29,31)(H,30,32). The molecule has 3 aromatic carbocycles. The summed E-state index contributed by atoms with van der Waals surface area (Å²) < 4.78 is 0. The summed E-state index contributed by atoms with van der Waals surface area (Å²) in [6.07, 6.45) is 0.829. The molecule has 0 unspecified atom stereocenters. The quantitative estimate of drug-likeness (QED) is 0.258. The van der Waals surface area contributed by atoms with E-state index in [0.717, 1.165) is 20.9 Å². The van der Waals surface area contributed by atoms with Crippen molar-refractivity contribution in [3.63, 3.8) is 0 Å². The molecule has 8 heteroatoms. The predicted molar refractivity (Wildman–Crippen MR) is 144 cm³/mol. The number of carbonyl (C=O) groups excluding carboxylic acids is 2. The van der Waals surface area contributed by atoms with E-state index in [1.807, 2.05) is 72.8 Å². The largest absolute Gasteiger partial charge is 0.352 e. The van der Waals surface area contributed by atoms with Crippen molar-refractivity contribution in [3.8, 4) is 0 Å². The van der Waals surface area contributed by atoms with Crippen molar-refractivity contribution in [2.24, 2.45) is 0 Å². The molecule has 3 rings (SSSR count). The monoisotopic (exact) mass is 532 g/mol. The summed E-state index contributed by atoms with van der Waals surface area (Å²) in [5.41, 5.74) is 1.99. The van der Waals surface area contributed by atoms with Gasteiger partial charge in [-0.1, -0.05) is 71.7 Å². The summed E-state index contributed by atoms with van der Waals surface area (Å²) in [6.45, 7) is 0.901. The molecule has 2 N–H and O–H groups in total. The number of halogens is 2. The summed E-state index contributed by atoms with van der Waals surface area (Å²) in [7, 11) is 0. The number of hydrogen-bond acceptors (Lipinski definition) is 4. The van der Waals surface area contributed by atoms with Crippen LogP contribution in [0.25, 0.3) is 0 Å². The minimum absolute atomic E-state index is 0.00530. The fraction of sp³-hybridized carbons (Fsp3) is 0.231. The molecule has 34 heavy (non-hydrogen) atoms. The molecule has 0 heterocycles. The van der Waals surface area contributed by atoms with Crippen LogP contribution in [0.1, 0.15) is 24.0 Å². The maximum absolute atomic E-state index is 12.2. The molecule has 178 valence electrons. The van der Waals surface area contributed by atoms with E-state index < -0.39 is 0 Å². The van der Waals surface area contributed by atoms with E-state index in [1.165, 1.54) is 0 Å². The molecule has 3 aromatic rings. The summed E-state index contributed by atoms with van der Waals surface area (Å²) in [6, 6.07) is 23.1. The minimum atomic E-state index is -0.00530. The Morgan fingerprint density at radius 2 is 1.09 bits per heavy atom. The van der Waals surface area contributed by atoms with Gasteiger partial charge in [0.05, 0.1) is 10.0 Å². The highest BCUT2D eigenvalue weighted by atomic mass is 35.5. The Morgan fingerprint density at radius 3 is 1.53 bits per heavy atom. The molecule has 0 saturated carbocycles. The Labute approximate surface area is 219 Å². The zero-order chi connectivity index (χ0) is 24.2.